The van der Waals surface area contributed by atoms with Crippen molar-refractivity contribution in [2.75, 3.05) is 0 Å². The fraction of sp³-hybridized carbons (Fsp3) is 0.143. The van der Waals surface area contributed by atoms with E-state index >= 15 is 0 Å². The van der Waals surface area contributed by atoms with E-state index in [1.54, 1.807) is 11.1 Å². The first-order valence-electron chi connectivity index (χ1n) is 13.0. The maximum absolute atomic E-state index is 4.93. The van der Waals surface area contributed by atoms with E-state index in [0.717, 1.165) is 0 Å². The van der Waals surface area contributed by atoms with E-state index in [1.807, 2.05) is 0 Å². The van der Waals surface area contributed by atoms with Crippen molar-refractivity contribution in [1.82, 2.24) is 0 Å². The van der Waals surface area contributed by atoms with Crippen LogP contribution < -0.4 is 0 Å². The minimum absolute atomic E-state index is 0.826. The van der Waals surface area contributed by atoms with Gasteiger partial charge in [-0.25, -0.2) is 0 Å². The molecule has 6 aromatic rings. The molecule has 0 saturated carbocycles. The molecule has 3 heteroatoms. The van der Waals surface area contributed by atoms with Crippen molar-refractivity contribution in [3.63, 3.8) is 0 Å². The SMILES string of the molecule is Cc1cc2c(-c3ccccc3)c3c(cc2[cH-]1)CCC3.Cc1cc2c(-c3ccccc3)cccc2[cH-]1.[Cl][Zr+2][Cl]. The zero-order valence-corrected chi connectivity index (χ0v) is 25.7. The molecule has 38 heavy (non-hydrogen) atoms. The summed E-state index contributed by atoms with van der Waals surface area (Å²) < 4.78 is 0. The van der Waals surface area contributed by atoms with Gasteiger partial charge < -0.3 is 0 Å². The Morgan fingerprint density at radius 3 is 1.92 bits per heavy atom. The van der Waals surface area contributed by atoms with Crippen LogP contribution in [0.15, 0.2) is 109 Å². The fourth-order valence-electron chi connectivity index (χ4n) is 5.76. The molecule has 0 nitrogen and oxygen atoms in total. The van der Waals surface area contributed by atoms with Crippen LogP contribution in [0.25, 0.3) is 43.8 Å². The van der Waals surface area contributed by atoms with Gasteiger partial charge in [-0.05, 0) is 30.4 Å². The van der Waals surface area contributed by atoms with Crippen molar-refractivity contribution in [1.29, 1.82) is 0 Å². The van der Waals surface area contributed by atoms with Gasteiger partial charge in [0.1, 0.15) is 0 Å². The summed E-state index contributed by atoms with van der Waals surface area (Å²) in [5.41, 5.74) is 11.3. The number of aryl methyl sites for hydroxylation is 3. The van der Waals surface area contributed by atoms with Gasteiger partial charge in [-0.1, -0.05) is 103 Å². The molecule has 0 unspecified atom stereocenters. The van der Waals surface area contributed by atoms with E-state index in [-0.39, 0.29) is 0 Å². The number of hydrogen-bond donors (Lipinski definition) is 0. The number of fused-ring (bicyclic) bond motifs is 3. The van der Waals surface area contributed by atoms with Crippen LogP contribution in [0.2, 0.25) is 0 Å². The Kier molecular flexibility index (Phi) is 9.01. The number of benzene rings is 4. The van der Waals surface area contributed by atoms with E-state index in [4.69, 9.17) is 17.0 Å². The molecule has 1 aliphatic carbocycles. The Balaban J connectivity index is 0.000000142. The third kappa shape index (κ3) is 5.92. The third-order valence-corrected chi connectivity index (χ3v) is 7.27. The van der Waals surface area contributed by atoms with E-state index in [1.165, 1.54) is 74.2 Å². The van der Waals surface area contributed by atoms with Crippen LogP contribution in [0.3, 0.4) is 0 Å². The van der Waals surface area contributed by atoms with Gasteiger partial charge in [-0.3, -0.25) is 0 Å². The first kappa shape index (κ1) is 27.1. The number of halogens is 2. The van der Waals surface area contributed by atoms with Crippen LogP contribution in [0.4, 0.5) is 0 Å². The molecule has 0 amide bonds. The first-order chi connectivity index (χ1) is 18.6. The molecule has 1 aliphatic rings. The van der Waals surface area contributed by atoms with Gasteiger partial charge in [0.25, 0.3) is 0 Å². The molecule has 0 aromatic heterocycles. The summed E-state index contributed by atoms with van der Waals surface area (Å²) in [6.07, 6.45) is 3.79. The Hall–Kier alpha value is -2.44. The second-order valence-corrected chi connectivity index (χ2v) is 13.7. The van der Waals surface area contributed by atoms with Crippen molar-refractivity contribution >= 4 is 38.6 Å². The zero-order valence-electron chi connectivity index (χ0n) is 21.8. The predicted molar refractivity (Wildman–Crippen MR) is 163 cm³/mol. The molecule has 188 valence electrons. The summed E-state index contributed by atoms with van der Waals surface area (Å²) in [4.78, 5) is 0. The summed E-state index contributed by atoms with van der Waals surface area (Å²) >= 11 is -0.826. The summed E-state index contributed by atoms with van der Waals surface area (Å²) in [5, 5.41) is 5.53. The van der Waals surface area contributed by atoms with Crippen LogP contribution in [-0.4, -0.2) is 0 Å². The summed E-state index contributed by atoms with van der Waals surface area (Å²) in [6.45, 7) is 4.34. The monoisotopic (exact) mass is 610 g/mol. The van der Waals surface area contributed by atoms with E-state index < -0.39 is 20.8 Å². The standard InChI is InChI=1S/C19H17.C16H13.2ClH.Zr/c1-13-10-16-12-15-8-5-9-17(15)19(18(16)11-13)14-6-3-2-4-7-14;1-12-10-14-8-5-9-15(16(14)11-12)13-6-3-2-4-7-13;;;/h2-4,6-7,10-12H,5,8-9H2,1H3;2-11H,1H3;2*1H;/q2*-1;;;+4/p-2. The molecule has 0 atom stereocenters. The third-order valence-electron chi connectivity index (χ3n) is 7.27. The number of hydrogen-bond acceptors (Lipinski definition) is 0. The molecular formula is C35H30Cl2Zr. The topological polar surface area (TPSA) is 0 Å². The number of rotatable bonds is 2. The Labute approximate surface area is 244 Å². The second kappa shape index (κ2) is 12.6. The molecule has 0 bridgehead atoms. The summed E-state index contributed by atoms with van der Waals surface area (Å²) in [6, 6.07) is 39.5. The maximum atomic E-state index is 4.93. The normalized spacial score (nSPS) is 11.8. The van der Waals surface area contributed by atoms with Crippen molar-refractivity contribution < 1.29 is 20.8 Å². The van der Waals surface area contributed by atoms with Gasteiger partial charge >= 0.3 is 37.9 Å². The molecule has 7 rings (SSSR count). The molecule has 0 aliphatic heterocycles. The Morgan fingerprint density at radius 2 is 1.24 bits per heavy atom. The van der Waals surface area contributed by atoms with Crippen LogP contribution in [0.1, 0.15) is 28.7 Å². The Morgan fingerprint density at radius 1 is 0.632 bits per heavy atom. The van der Waals surface area contributed by atoms with Gasteiger partial charge in [-0.15, -0.1) is 63.0 Å². The predicted octanol–water partition coefficient (Wildman–Crippen LogP) is 10.9. The van der Waals surface area contributed by atoms with Crippen LogP contribution in [-0.2, 0) is 33.7 Å². The van der Waals surface area contributed by atoms with Crippen LogP contribution in [0, 0.1) is 13.8 Å². The van der Waals surface area contributed by atoms with Crippen molar-refractivity contribution in [2.24, 2.45) is 0 Å². The van der Waals surface area contributed by atoms with Gasteiger partial charge in [0.05, 0.1) is 0 Å². The quantitative estimate of drug-likeness (QED) is 0.171. The molecule has 0 saturated heterocycles. The van der Waals surface area contributed by atoms with Gasteiger partial charge in [0.2, 0.25) is 0 Å². The zero-order chi connectivity index (χ0) is 26.5. The molecular weight excluding hydrogens is 583 g/mol. The fourth-order valence-corrected chi connectivity index (χ4v) is 5.76. The van der Waals surface area contributed by atoms with Crippen molar-refractivity contribution in [3.05, 3.63) is 131 Å². The van der Waals surface area contributed by atoms with Gasteiger partial charge in [0, 0.05) is 0 Å². The molecule has 0 heterocycles. The summed E-state index contributed by atoms with van der Waals surface area (Å²) in [5.74, 6) is 0. The van der Waals surface area contributed by atoms with Crippen LogP contribution >= 0.6 is 17.0 Å². The van der Waals surface area contributed by atoms with Crippen LogP contribution in [0.5, 0.6) is 0 Å². The second-order valence-electron chi connectivity index (χ2n) is 9.92. The van der Waals surface area contributed by atoms with Crippen molar-refractivity contribution in [2.45, 2.75) is 33.1 Å². The van der Waals surface area contributed by atoms with Gasteiger partial charge in [-0.2, -0.15) is 12.1 Å². The molecule has 0 N–H and O–H groups in total. The average molecular weight is 613 g/mol. The summed E-state index contributed by atoms with van der Waals surface area (Å²) in [7, 11) is 9.87. The van der Waals surface area contributed by atoms with Gasteiger partial charge in [0.15, 0.2) is 0 Å². The minimum atomic E-state index is -0.826. The molecule has 0 spiro atoms. The van der Waals surface area contributed by atoms with E-state index in [0.29, 0.717) is 0 Å². The van der Waals surface area contributed by atoms with E-state index in [9.17, 15) is 0 Å². The average Bonchev–Trinajstić information content (AvgIpc) is 3.65. The molecule has 0 radical (unpaired) electrons. The van der Waals surface area contributed by atoms with Crippen molar-refractivity contribution in [3.8, 4) is 22.3 Å². The first-order valence-corrected chi connectivity index (χ1v) is 19.4. The van der Waals surface area contributed by atoms with E-state index in [2.05, 4.69) is 123 Å². The Bertz CT molecular complexity index is 1640. The molecule has 0 fully saturated rings. The molecule has 6 aromatic carbocycles.